The number of anilines is 1. The van der Waals surface area contributed by atoms with E-state index in [0.29, 0.717) is 0 Å². The van der Waals surface area contributed by atoms with Gasteiger partial charge in [0.1, 0.15) is 0 Å². The third-order valence-corrected chi connectivity index (χ3v) is 5.20. The first-order chi connectivity index (χ1) is 10.8. The Kier molecular flexibility index (Phi) is 3.83. The maximum absolute atomic E-state index is 12.7. The van der Waals surface area contributed by atoms with Crippen molar-refractivity contribution in [2.75, 3.05) is 4.72 Å². The quantitative estimate of drug-likeness (QED) is 0.917. The number of alkyl halides is 3. The summed E-state index contributed by atoms with van der Waals surface area (Å²) >= 11 is 0. The van der Waals surface area contributed by atoms with Gasteiger partial charge < -0.3 is 0 Å². The summed E-state index contributed by atoms with van der Waals surface area (Å²) in [5, 5.41) is 0. The van der Waals surface area contributed by atoms with Gasteiger partial charge in [0.05, 0.1) is 10.5 Å². The van der Waals surface area contributed by atoms with Gasteiger partial charge >= 0.3 is 6.18 Å². The number of nitrogens with one attached hydrogen (secondary N) is 1. The molecule has 1 N–H and O–H groups in total. The van der Waals surface area contributed by atoms with E-state index in [1.165, 1.54) is 18.2 Å². The summed E-state index contributed by atoms with van der Waals surface area (Å²) in [6.07, 6.45) is -1.78. The van der Waals surface area contributed by atoms with Crippen molar-refractivity contribution in [2.45, 2.75) is 30.3 Å². The molecular formula is C16H14F3NO2S. The highest BCUT2D eigenvalue weighted by atomic mass is 32.2. The molecule has 0 unspecified atom stereocenters. The molecule has 1 aliphatic carbocycles. The highest BCUT2D eigenvalue weighted by Crippen LogP contribution is 2.31. The van der Waals surface area contributed by atoms with Gasteiger partial charge in [0.2, 0.25) is 0 Å². The van der Waals surface area contributed by atoms with Crippen LogP contribution in [0.1, 0.15) is 23.1 Å². The van der Waals surface area contributed by atoms with Crippen molar-refractivity contribution in [1.29, 1.82) is 0 Å². The molecule has 0 amide bonds. The Morgan fingerprint density at radius 1 is 0.957 bits per heavy atom. The summed E-state index contributed by atoms with van der Waals surface area (Å²) in [6, 6.07) is 8.99. The zero-order valence-electron chi connectivity index (χ0n) is 12.0. The van der Waals surface area contributed by atoms with E-state index in [4.69, 9.17) is 0 Å². The van der Waals surface area contributed by atoms with Crippen LogP contribution in [0.3, 0.4) is 0 Å². The molecular weight excluding hydrogens is 327 g/mol. The van der Waals surface area contributed by atoms with Crippen molar-refractivity contribution in [1.82, 2.24) is 0 Å². The Hall–Kier alpha value is -2.02. The third-order valence-electron chi connectivity index (χ3n) is 3.82. The average molecular weight is 341 g/mol. The van der Waals surface area contributed by atoms with Gasteiger partial charge in [-0.2, -0.15) is 13.2 Å². The monoisotopic (exact) mass is 341 g/mol. The van der Waals surface area contributed by atoms with Gasteiger partial charge in [0.25, 0.3) is 10.0 Å². The van der Waals surface area contributed by atoms with Crippen molar-refractivity contribution in [3.63, 3.8) is 0 Å². The third kappa shape index (κ3) is 3.34. The minimum absolute atomic E-state index is 0.0653. The normalized spacial score (nSPS) is 14.6. The molecule has 3 rings (SSSR count). The first kappa shape index (κ1) is 15.9. The van der Waals surface area contributed by atoms with Crippen LogP contribution in [-0.4, -0.2) is 8.42 Å². The second-order valence-corrected chi connectivity index (χ2v) is 7.15. The van der Waals surface area contributed by atoms with E-state index in [2.05, 4.69) is 4.72 Å². The van der Waals surface area contributed by atoms with Gasteiger partial charge in [0.15, 0.2) is 0 Å². The van der Waals surface area contributed by atoms with E-state index in [1.54, 1.807) is 12.1 Å². The van der Waals surface area contributed by atoms with Crippen molar-refractivity contribution in [3.05, 3.63) is 59.2 Å². The van der Waals surface area contributed by atoms with Crippen molar-refractivity contribution in [3.8, 4) is 0 Å². The SMILES string of the molecule is O=S(=O)(Nc1cccc(C(F)(F)F)c1)c1ccc2c(c1)CCC2. The zero-order chi connectivity index (χ0) is 16.7. The fraction of sp³-hybridized carbons (Fsp3) is 0.250. The van der Waals surface area contributed by atoms with Crippen LogP contribution in [-0.2, 0) is 29.0 Å². The molecule has 0 saturated heterocycles. The minimum atomic E-state index is -4.52. The predicted octanol–water partition coefficient (Wildman–Crippen LogP) is 3.99. The molecule has 0 heterocycles. The van der Waals surface area contributed by atoms with Crippen LogP contribution in [0, 0.1) is 0 Å². The number of hydrogen-bond donors (Lipinski definition) is 1. The van der Waals surface area contributed by atoms with Gasteiger partial charge in [-0.3, -0.25) is 4.72 Å². The number of halogens is 3. The summed E-state index contributed by atoms with van der Waals surface area (Å²) in [5.74, 6) is 0. The first-order valence-corrected chi connectivity index (χ1v) is 8.56. The second-order valence-electron chi connectivity index (χ2n) is 5.47. The molecule has 0 saturated carbocycles. The lowest BCUT2D eigenvalue weighted by Crippen LogP contribution is -2.14. The van der Waals surface area contributed by atoms with Crippen molar-refractivity contribution in [2.24, 2.45) is 0 Å². The molecule has 3 nitrogen and oxygen atoms in total. The lowest BCUT2D eigenvalue weighted by Gasteiger charge is -2.12. The Morgan fingerprint density at radius 3 is 2.43 bits per heavy atom. The number of hydrogen-bond acceptors (Lipinski definition) is 2. The molecule has 0 fully saturated rings. The summed E-state index contributed by atoms with van der Waals surface area (Å²) in [6.45, 7) is 0. The van der Waals surface area contributed by atoms with E-state index in [-0.39, 0.29) is 10.6 Å². The summed E-state index contributed by atoms with van der Waals surface area (Å²) in [5.41, 5.74) is 1.10. The van der Waals surface area contributed by atoms with Crippen molar-refractivity contribution < 1.29 is 21.6 Å². The van der Waals surface area contributed by atoms with Crippen LogP contribution in [0.25, 0.3) is 0 Å². The van der Waals surface area contributed by atoms with Crippen LogP contribution in [0.15, 0.2) is 47.4 Å². The molecule has 2 aromatic carbocycles. The molecule has 0 aliphatic heterocycles. The van der Waals surface area contributed by atoms with Crippen LogP contribution in [0.4, 0.5) is 18.9 Å². The second kappa shape index (κ2) is 5.56. The minimum Gasteiger partial charge on any atom is -0.280 e. The summed E-state index contributed by atoms with van der Waals surface area (Å²) in [4.78, 5) is 0.0653. The van der Waals surface area contributed by atoms with Crippen LogP contribution in [0.5, 0.6) is 0 Å². The van der Waals surface area contributed by atoms with Gasteiger partial charge in [0, 0.05) is 5.69 Å². The number of rotatable bonds is 3. The highest BCUT2D eigenvalue weighted by molar-refractivity contribution is 7.92. The standard InChI is InChI=1S/C16H14F3NO2S/c17-16(18,19)13-5-2-6-14(10-13)20-23(21,22)15-8-7-11-3-1-4-12(11)9-15/h2,5-10,20H,1,3-4H2. The smallest absolute Gasteiger partial charge is 0.280 e. The van der Waals surface area contributed by atoms with Crippen molar-refractivity contribution >= 4 is 15.7 Å². The van der Waals surface area contributed by atoms with E-state index < -0.39 is 21.8 Å². The number of sulfonamides is 1. The van der Waals surface area contributed by atoms with Crippen LogP contribution >= 0.6 is 0 Å². The van der Waals surface area contributed by atoms with Gasteiger partial charge in [-0.05, 0) is 60.7 Å². The average Bonchev–Trinajstić information content (AvgIpc) is 2.93. The maximum atomic E-state index is 12.7. The summed E-state index contributed by atoms with van der Waals surface area (Å²) < 4.78 is 65.0. The lowest BCUT2D eigenvalue weighted by atomic mass is 10.1. The molecule has 0 bridgehead atoms. The van der Waals surface area contributed by atoms with Gasteiger partial charge in [-0.25, -0.2) is 8.42 Å². The number of benzene rings is 2. The molecule has 7 heteroatoms. The van der Waals surface area contributed by atoms with Gasteiger partial charge in [-0.1, -0.05) is 12.1 Å². The molecule has 122 valence electrons. The Labute approximate surface area is 132 Å². The van der Waals surface area contributed by atoms with E-state index >= 15 is 0 Å². The molecule has 0 radical (unpaired) electrons. The maximum Gasteiger partial charge on any atom is 0.416 e. The number of fused-ring (bicyclic) bond motifs is 1. The zero-order valence-corrected chi connectivity index (χ0v) is 12.8. The Morgan fingerprint density at radius 2 is 1.70 bits per heavy atom. The fourth-order valence-corrected chi connectivity index (χ4v) is 3.79. The van der Waals surface area contributed by atoms with Crippen LogP contribution < -0.4 is 4.72 Å². The largest absolute Gasteiger partial charge is 0.416 e. The predicted molar refractivity (Wildman–Crippen MR) is 80.7 cm³/mol. The topological polar surface area (TPSA) is 46.2 Å². The van der Waals surface area contributed by atoms with Gasteiger partial charge in [-0.15, -0.1) is 0 Å². The van der Waals surface area contributed by atoms with E-state index in [0.717, 1.165) is 42.5 Å². The molecule has 23 heavy (non-hydrogen) atoms. The number of aryl methyl sites for hydroxylation is 2. The first-order valence-electron chi connectivity index (χ1n) is 7.08. The molecule has 2 aromatic rings. The summed E-state index contributed by atoms with van der Waals surface area (Å²) in [7, 11) is -3.91. The van der Waals surface area contributed by atoms with E-state index in [1.807, 2.05) is 0 Å². The molecule has 0 aromatic heterocycles. The molecule has 1 aliphatic rings. The van der Waals surface area contributed by atoms with E-state index in [9.17, 15) is 21.6 Å². The Balaban J connectivity index is 1.90. The highest BCUT2D eigenvalue weighted by Gasteiger charge is 2.30. The Bertz CT molecular complexity index is 845. The molecule has 0 atom stereocenters. The lowest BCUT2D eigenvalue weighted by molar-refractivity contribution is -0.137. The fourth-order valence-electron chi connectivity index (χ4n) is 2.69. The molecule has 0 spiro atoms. The van der Waals surface area contributed by atoms with Crippen LogP contribution in [0.2, 0.25) is 0 Å².